The summed E-state index contributed by atoms with van der Waals surface area (Å²) in [7, 11) is 0. The van der Waals surface area contributed by atoms with Gasteiger partial charge in [-0.25, -0.2) is 4.79 Å². The Kier molecular flexibility index (Phi) is 3.70. The first kappa shape index (κ1) is 13.2. The molecule has 1 N–H and O–H groups in total. The number of carbonyl (C=O) groups is 1. The van der Waals surface area contributed by atoms with E-state index in [0.717, 1.165) is 17.8 Å². The van der Waals surface area contributed by atoms with E-state index in [-0.39, 0.29) is 11.7 Å². The molecule has 0 unspecified atom stereocenters. The lowest BCUT2D eigenvalue weighted by Gasteiger charge is -2.56. The summed E-state index contributed by atoms with van der Waals surface area (Å²) < 4.78 is 11.2. The second-order valence-corrected chi connectivity index (χ2v) is 6.62. The lowest BCUT2D eigenvalue weighted by molar-refractivity contribution is -0.166. The van der Waals surface area contributed by atoms with Gasteiger partial charge in [0.25, 0.3) is 0 Å². The number of nitrogens with one attached hydrogen (secondary N) is 1. The molecule has 0 atom stereocenters. The molecule has 4 fully saturated rings. The van der Waals surface area contributed by atoms with Crippen LogP contribution in [0.5, 0.6) is 0 Å². The van der Waals surface area contributed by atoms with Crippen molar-refractivity contribution in [3.63, 3.8) is 0 Å². The second kappa shape index (κ2) is 5.31. The lowest BCUT2D eigenvalue weighted by atomic mass is 9.54. The monoisotopic (exact) mass is 267 g/mol. The van der Waals surface area contributed by atoms with E-state index in [9.17, 15) is 4.79 Å². The number of amides is 1. The van der Waals surface area contributed by atoms with Crippen molar-refractivity contribution in [3.05, 3.63) is 0 Å². The van der Waals surface area contributed by atoms with Crippen LogP contribution in [0, 0.1) is 17.8 Å². The molecule has 4 aliphatic carbocycles. The van der Waals surface area contributed by atoms with E-state index in [0.29, 0.717) is 19.8 Å². The molecule has 108 valence electrons. The Balaban J connectivity index is 1.44. The van der Waals surface area contributed by atoms with Crippen LogP contribution in [-0.4, -0.2) is 31.5 Å². The van der Waals surface area contributed by atoms with Crippen LogP contribution >= 0.6 is 0 Å². The molecule has 0 aliphatic heterocycles. The SMILES string of the molecule is CCNC(=O)OCCOC12CC3CC(CC(C3)C1)C2. The maximum absolute atomic E-state index is 11.2. The zero-order valence-corrected chi connectivity index (χ0v) is 11.8. The Morgan fingerprint density at radius 3 is 2.21 bits per heavy atom. The zero-order valence-electron chi connectivity index (χ0n) is 11.8. The summed E-state index contributed by atoms with van der Waals surface area (Å²) in [6, 6.07) is 0. The molecule has 19 heavy (non-hydrogen) atoms. The summed E-state index contributed by atoms with van der Waals surface area (Å²) in [5.41, 5.74) is 0.124. The third-order valence-corrected chi connectivity index (χ3v) is 5.03. The predicted octanol–water partition coefficient (Wildman–Crippen LogP) is 2.72. The van der Waals surface area contributed by atoms with E-state index < -0.39 is 0 Å². The molecule has 0 spiro atoms. The van der Waals surface area contributed by atoms with Crippen LogP contribution in [0.4, 0.5) is 4.79 Å². The van der Waals surface area contributed by atoms with E-state index in [2.05, 4.69) is 5.32 Å². The van der Waals surface area contributed by atoms with Gasteiger partial charge in [0.15, 0.2) is 0 Å². The molecule has 0 aromatic rings. The molecule has 4 aliphatic rings. The van der Waals surface area contributed by atoms with E-state index in [1.165, 1.54) is 38.5 Å². The van der Waals surface area contributed by atoms with Crippen molar-refractivity contribution in [3.8, 4) is 0 Å². The van der Waals surface area contributed by atoms with Crippen molar-refractivity contribution in [2.75, 3.05) is 19.8 Å². The van der Waals surface area contributed by atoms with E-state index in [4.69, 9.17) is 9.47 Å². The van der Waals surface area contributed by atoms with Crippen molar-refractivity contribution in [2.45, 2.75) is 51.0 Å². The molecule has 0 heterocycles. The predicted molar refractivity (Wildman–Crippen MR) is 71.9 cm³/mol. The maximum atomic E-state index is 11.2. The van der Waals surface area contributed by atoms with Crippen LogP contribution in [0.25, 0.3) is 0 Å². The van der Waals surface area contributed by atoms with Gasteiger partial charge in [-0.3, -0.25) is 0 Å². The normalized spacial score (nSPS) is 39.3. The quantitative estimate of drug-likeness (QED) is 0.779. The zero-order chi connectivity index (χ0) is 13.3. The number of rotatable bonds is 5. The summed E-state index contributed by atoms with van der Waals surface area (Å²) in [6.07, 6.45) is 7.66. The molecule has 0 radical (unpaired) electrons. The van der Waals surface area contributed by atoms with Gasteiger partial charge < -0.3 is 14.8 Å². The van der Waals surface area contributed by atoms with Crippen LogP contribution in [0.2, 0.25) is 0 Å². The van der Waals surface area contributed by atoms with E-state index in [1.54, 1.807) is 0 Å². The molecule has 4 nitrogen and oxygen atoms in total. The lowest BCUT2D eigenvalue weighted by Crippen LogP contribution is -2.52. The van der Waals surface area contributed by atoms with Gasteiger partial charge >= 0.3 is 6.09 Å². The standard InChI is InChI=1S/C15H25NO3/c1-2-16-14(17)18-3-4-19-15-8-11-5-12(9-15)7-13(6-11)10-15/h11-13H,2-10H2,1H3,(H,16,17). The highest BCUT2D eigenvalue weighted by Crippen LogP contribution is 2.57. The summed E-state index contributed by atoms with van der Waals surface area (Å²) in [5.74, 6) is 2.70. The molecule has 4 rings (SSSR count). The molecule has 4 saturated carbocycles. The minimum absolute atomic E-state index is 0.124. The average molecular weight is 267 g/mol. The molecule has 4 bridgehead atoms. The molecular formula is C15H25NO3. The Bertz CT molecular complexity index is 307. The first-order valence-electron chi connectivity index (χ1n) is 7.74. The molecule has 4 heteroatoms. The number of alkyl carbamates (subject to hydrolysis) is 1. The van der Waals surface area contributed by atoms with Gasteiger partial charge in [0.05, 0.1) is 12.2 Å². The molecule has 0 saturated heterocycles. The highest BCUT2D eigenvalue weighted by molar-refractivity contribution is 5.66. The molecule has 0 aromatic heterocycles. The molecule has 1 amide bonds. The van der Waals surface area contributed by atoms with Gasteiger partial charge in [0.1, 0.15) is 6.61 Å². The van der Waals surface area contributed by atoms with Crippen LogP contribution in [0.1, 0.15) is 45.4 Å². The highest BCUT2D eigenvalue weighted by atomic mass is 16.6. The highest BCUT2D eigenvalue weighted by Gasteiger charge is 2.51. The second-order valence-electron chi connectivity index (χ2n) is 6.62. The minimum atomic E-state index is -0.336. The van der Waals surface area contributed by atoms with E-state index in [1.807, 2.05) is 6.92 Å². The van der Waals surface area contributed by atoms with Crippen LogP contribution in [0.3, 0.4) is 0 Å². The topological polar surface area (TPSA) is 47.6 Å². The summed E-state index contributed by atoms with van der Waals surface area (Å²) in [4.78, 5) is 11.2. The minimum Gasteiger partial charge on any atom is -0.447 e. The number of hydrogen-bond acceptors (Lipinski definition) is 3. The molecule has 0 aromatic carbocycles. The summed E-state index contributed by atoms with van der Waals surface area (Å²) >= 11 is 0. The number of hydrogen-bond donors (Lipinski definition) is 1. The first-order chi connectivity index (χ1) is 9.19. The maximum Gasteiger partial charge on any atom is 0.407 e. The molecular weight excluding hydrogens is 242 g/mol. The van der Waals surface area contributed by atoms with Gasteiger partial charge in [-0.15, -0.1) is 0 Å². The van der Waals surface area contributed by atoms with Gasteiger partial charge in [-0.1, -0.05) is 0 Å². The van der Waals surface area contributed by atoms with Crippen molar-refractivity contribution >= 4 is 6.09 Å². The van der Waals surface area contributed by atoms with Crippen molar-refractivity contribution in [1.82, 2.24) is 5.32 Å². The summed E-state index contributed by atoms with van der Waals surface area (Å²) in [6.45, 7) is 3.40. The third kappa shape index (κ3) is 2.88. The van der Waals surface area contributed by atoms with E-state index >= 15 is 0 Å². The fraction of sp³-hybridized carbons (Fsp3) is 0.933. The smallest absolute Gasteiger partial charge is 0.407 e. The fourth-order valence-electron chi connectivity index (χ4n) is 4.80. The van der Waals surface area contributed by atoms with Crippen LogP contribution in [-0.2, 0) is 9.47 Å². The first-order valence-corrected chi connectivity index (χ1v) is 7.74. The largest absolute Gasteiger partial charge is 0.447 e. The number of carbonyl (C=O) groups excluding carboxylic acids is 1. The van der Waals surface area contributed by atoms with Crippen molar-refractivity contribution in [2.24, 2.45) is 17.8 Å². The van der Waals surface area contributed by atoms with Crippen LogP contribution in [0.15, 0.2) is 0 Å². The van der Waals surface area contributed by atoms with Gasteiger partial charge in [-0.05, 0) is 63.2 Å². The van der Waals surface area contributed by atoms with Crippen molar-refractivity contribution < 1.29 is 14.3 Å². The van der Waals surface area contributed by atoms with Gasteiger partial charge in [0.2, 0.25) is 0 Å². The number of ether oxygens (including phenoxy) is 2. The van der Waals surface area contributed by atoms with Gasteiger partial charge in [0, 0.05) is 6.54 Å². The Labute approximate surface area is 115 Å². The van der Waals surface area contributed by atoms with Gasteiger partial charge in [-0.2, -0.15) is 0 Å². The Morgan fingerprint density at radius 1 is 1.11 bits per heavy atom. The average Bonchev–Trinajstić information content (AvgIpc) is 2.33. The Morgan fingerprint density at radius 2 is 1.68 bits per heavy atom. The fourth-order valence-corrected chi connectivity index (χ4v) is 4.80. The Hall–Kier alpha value is -0.770. The third-order valence-electron chi connectivity index (χ3n) is 5.03. The summed E-state index contributed by atoms with van der Waals surface area (Å²) in [5, 5.41) is 2.62. The van der Waals surface area contributed by atoms with Crippen LogP contribution < -0.4 is 5.32 Å². The van der Waals surface area contributed by atoms with Crippen molar-refractivity contribution in [1.29, 1.82) is 0 Å².